The number of aromatic nitrogens is 2. The van der Waals surface area contributed by atoms with Gasteiger partial charge in [-0.2, -0.15) is 0 Å². The van der Waals surface area contributed by atoms with Crippen LogP contribution in [-0.4, -0.2) is 40.4 Å². The molecule has 82 valence electrons. The van der Waals surface area contributed by atoms with Crippen LogP contribution in [0.1, 0.15) is 6.42 Å². The SMILES string of the molecule is OC[C@@H]1C[C@H](F)CN1c1ncc(Br)cn1. The quantitative estimate of drug-likeness (QED) is 0.880. The van der Waals surface area contributed by atoms with Crippen molar-refractivity contribution in [3.8, 4) is 0 Å². The van der Waals surface area contributed by atoms with Gasteiger partial charge in [-0.05, 0) is 15.9 Å². The zero-order valence-corrected chi connectivity index (χ0v) is 9.56. The van der Waals surface area contributed by atoms with E-state index < -0.39 is 6.17 Å². The number of halogens is 2. The van der Waals surface area contributed by atoms with E-state index in [9.17, 15) is 4.39 Å². The highest BCUT2D eigenvalue weighted by molar-refractivity contribution is 9.10. The summed E-state index contributed by atoms with van der Waals surface area (Å²) in [5, 5.41) is 9.10. The molecule has 0 aromatic carbocycles. The minimum Gasteiger partial charge on any atom is -0.394 e. The second kappa shape index (κ2) is 4.40. The Morgan fingerprint density at radius 2 is 2.20 bits per heavy atom. The number of hydrogen-bond acceptors (Lipinski definition) is 4. The van der Waals surface area contributed by atoms with E-state index in [4.69, 9.17) is 5.11 Å². The molecule has 1 aliphatic heterocycles. The van der Waals surface area contributed by atoms with Gasteiger partial charge in [0.1, 0.15) is 6.17 Å². The smallest absolute Gasteiger partial charge is 0.225 e. The number of nitrogens with zero attached hydrogens (tertiary/aromatic N) is 3. The maximum atomic E-state index is 13.2. The first-order valence-corrected chi connectivity index (χ1v) is 5.49. The average Bonchev–Trinajstić information content (AvgIpc) is 2.61. The zero-order chi connectivity index (χ0) is 10.8. The van der Waals surface area contributed by atoms with Gasteiger partial charge >= 0.3 is 0 Å². The molecule has 0 bridgehead atoms. The maximum absolute atomic E-state index is 13.2. The molecule has 1 aromatic heterocycles. The minimum atomic E-state index is -0.908. The summed E-state index contributed by atoms with van der Waals surface area (Å²) in [6.45, 7) is 0.187. The number of anilines is 1. The zero-order valence-electron chi connectivity index (χ0n) is 7.98. The van der Waals surface area contributed by atoms with Crippen molar-refractivity contribution in [3.05, 3.63) is 16.9 Å². The monoisotopic (exact) mass is 275 g/mol. The highest BCUT2D eigenvalue weighted by Gasteiger charge is 2.33. The molecule has 0 spiro atoms. The van der Waals surface area contributed by atoms with Gasteiger partial charge in [0, 0.05) is 18.8 Å². The second-order valence-electron chi connectivity index (χ2n) is 3.52. The van der Waals surface area contributed by atoms with Crippen LogP contribution in [0, 0.1) is 0 Å². The van der Waals surface area contributed by atoms with Crippen LogP contribution < -0.4 is 4.90 Å². The number of aliphatic hydroxyl groups is 1. The van der Waals surface area contributed by atoms with Gasteiger partial charge in [0.2, 0.25) is 5.95 Å². The van der Waals surface area contributed by atoms with Crippen LogP contribution in [-0.2, 0) is 0 Å². The third-order valence-corrected chi connectivity index (χ3v) is 2.85. The van der Waals surface area contributed by atoms with Crippen molar-refractivity contribution in [3.63, 3.8) is 0 Å². The number of rotatable bonds is 2. The molecule has 2 atom stereocenters. The van der Waals surface area contributed by atoms with E-state index in [0.29, 0.717) is 12.4 Å². The average molecular weight is 276 g/mol. The lowest BCUT2D eigenvalue weighted by Gasteiger charge is -2.21. The topological polar surface area (TPSA) is 49.2 Å². The van der Waals surface area contributed by atoms with Gasteiger partial charge in [0.25, 0.3) is 0 Å². The first-order chi connectivity index (χ1) is 7.20. The number of aliphatic hydroxyl groups excluding tert-OH is 1. The Hall–Kier alpha value is -0.750. The van der Waals surface area contributed by atoms with Crippen LogP contribution in [0.25, 0.3) is 0 Å². The predicted molar refractivity (Wildman–Crippen MR) is 57.5 cm³/mol. The summed E-state index contributed by atoms with van der Waals surface area (Å²) in [4.78, 5) is 9.87. The molecule has 2 heterocycles. The van der Waals surface area contributed by atoms with E-state index in [1.807, 2.05) is 0 Å². The van der Waals surface area contributed by atoms with E-state index >= 15 is 0 Å². The Morgan fingerprint density at radius 3 is 2.80 bits per heavy atom. The van der Waals surface area contributed by atoms with Crippen molar-refractivity contribution >= 4 is 21.9 Å². The molecular formula is C9H11BrFN3O. The fraction of sp³-hybridized carbons (Fsp3) is 0.556. The maximum Gasteiger partial charge on any atom is 0.225 e. The summed E-state index contributed by atoms with van der Waals surface area (Å²) in [6.07, 6.45) is 2.66. The summed E-state index contributed by atoms with van der Waals surface area (Å²) in [5.41, 5.74) is 0. The molecule has 1 N–H and O–H groups in total. The Kier molecular flexibility index (Phi) is 3.16. The van der Waals surface area contributed by atoms with Gasteiger partial charge in [-0.25, -0.2) is 14.4 Å². The Labute approximate surface area is 95.3 Å². The summed E-state index contributed by atoms with van der Waals surface area (Å²) in [5.74, 6) is 0.470. The molecule has 0 unspecified atom stereocenters. The van der Waals surface area contributed by atoms with Gasteiger partial charge in [-0.15, -0.1) is 0 Å². The van der Waals surface area contributed by atoms with Crippen molar-refractivity contribution in [2.24, 2.45) is 0 Å². The molecular weight excluding hydrogens is 265 g/mol. The molecule has 0 aliphatic carbocycles. The standard InChI is InChI=1S/C9H11BrFN3O/c10-6-2-12-9(13-3-6)14-4-7(11)1-8(14)5-15/h2-3,7-8,15H,1,4-5H2/t7-,8-/m0/s1. The Bertz CT molecular complexity index is 335. The third kappa shape index (κ3) is 2.26. The lowest BCUT2D eigenvalue weighted by atomic mass is 10.2. The molecule has 0 radical (unpaired) electrons. The Morgan fingerprint density at radius 1 is 1.53 bits per heavy atom. The second-order valence-corrected chi connectivity index (χ2v) is 4.44. The van der Waals surface area contributed by atoms with E-state index in [1.165, 1.54) is 0 Å². The van der Waals surface area contributed by atoms with E-state index in [0.717, 1.165) is 4.47 Å². The van der Waals surface area contributed by atoms with Gasteiger partial charge in [0.15, 0.2) is 0 Å². The van der Waals surface area contributed by atoms with Crippen LogP contribution in [0.3, 0.4) is 0 Å². The van der Waals surface area contributed by atoms with Gasteiger partial charge in [-0.1, -0.05) is 0 Å². The van der Waals surface area contributed by atoms with Crippen molar-refractivity contribution in [1.29, 1.82) is 0 Å². The molecule has 15 heavy (non-hydrogen) atoms. The largest absolute Gasteiger partial charge is 0.394 e. The normalized spacial score (nSPS) is 25.9. The van der Waals surface area contributed by atoms with Crippen molar-refractivity contribution in [1.82, 2.24) is 9.97 Å². The molecule has 1 saturated heterocycles. The van der Waals surface area contributed by atoms with E-state index in [2.05, 4.69) is 25.9 Å². The van der Waals surface area contributed by atoms with Gasteiger partial charge < -0.3 is 10.0 Å². The van der Waals surface area contributed by atoms with Crippen molar-refractivity contribution < 1.29 is 9.50 Å². The molecule has 1 aliphatic rings. The lowest BCUT2D eigenvalue weighted by Crippen LogP contribution is -2.33. The number of alkyl halides is 1. The summed E-state index contributed by atoms with van der Waals surface area (Å²) in [7, 11) is 0. The molecule has 1 aromatic rings. The van der Waals surface area contributed by atoms with E-state index in [-0.39, 0.29) is 19.2 Å². The Balaban J connectivity index is 2.19. The van der Waals surface area contributed by atoms with Gasteiger partial charge in [0.05, 0.1) is 23.7 Å². The number of hydrogen-bond donors (Lipinski definition) is 1. The van der Waals surface area contributed by atoms with Crippen LogP contribution in [0.4, 0.5) is 10.3 Å². The highest BCUT2D eigenvalue weighted by atomic mass is 79.9. The predicted octanol–water partition coefficient (Wildman–Crippen LogP) is 1.15. The first kappa shape index (κ1) is 10.8. The van der Waals surface area contributed by atoms with Gasteiger partial charge in [-0.3, -0.25) is 0 Å². The molecule has 1 fully saturated rings. The van der Waals surface area contributed by atoms with Crippen LogP contribution in [0.15, 0.2) is 16.9 Å². The summed E-state index contributed by atoms with van der Waals surface area (Å²) >= 11 is 3.23. The van der Waals surface area contributed by atoms with Crippen molar-refractivity contribution in [2.45, 2.75) is 18.6 Å². The summed E-state index contributed by atoms with van der Waals surface area (Å²) in [6, 6.07) is -0.207. The van der Waals surface area contributed by atoms with E-state index in [1.54, 1.807) is 17.3 Å². The van der Waals surface area contributed by atoms with Crippen LogP contribution in [0.2, 0.25) is 0 Å². The molecule has 6 heteroatoms. The molecule has 4 nitrogen and oxygen atoms in total. The van der Waals surface area contributed by atoms with Crippen LogP contribution in [0.5, 0.6) is 0 Å². The van der Waals surface area contributed by atoms with Crippen molar-refractivity contribution in [2.75, 3.05) is 18.1 Å². The highest BCUT2D eigenvalue weighted by Crippen LogP contribution is 2.24. The minimum absolute atomic E-state index is 0.0696. The fourth-order valence-corrected chi connectivity index (χ4v) is 1.94. The fourth-order valence-electron chi connectivity index (χ4n) is 1.73. The molecule has 0 amide bonds. The molecule has 0 saturated carbocycles. The molecule has 2 rings (SSSR count). The summed E-state index contributed by atoms with van der Waals surface area (Å²) < 4.78 is 13.9. The third-order valence-electron chi connectivity index (χ3n) is 2.44. The lowest BCUT2D eigenvalue weighted by molar-refractivity contribution is 0.255. The van der Waals surface area contributed by atoms with Crippen LogP contribution >= 0.6 is 15.9 Å². The first-order valence-electron chi connectivity index (χ1n) is 4.70.